The second-order valence-electron chi connectivity index (χ2n) is 7.29. The first-order chi connectivity index (χ1) is 11.9. The number of H-pyrrole nitrogens is 1. The lowest BCUT2D eigenvalue weighted by Gasteiger charge is -2.18. The van der Waals surface area contributed by atoms with Gasteiger partial charge in [0.1, 0.15) is 5.82 Å². The molecule has 1 atom stereocenters. The minimum atomic E-state index is -0.372. The molecule has 0 saturated heterocycles. The maximum absolute atomic E-state index is 12.9. The summed E-state index contributed by atoms with van der Waals surface area (Å²) in [7, 11) is 0. The highest BCUT2D eigenvalue weighted by Gasteiger charge is 2.67. The van der Waals surface area contributed by atoms with Gasteiger partial charge in [-0.05, 0) is 41.5 Å². The van der Waals surface area contributed by atoms with Gasteiger partial charge in [0.15, 0.2) is 0 Å². The molecule has 0 unspecified atom stereocenters. The Bertz CT molecular complexity index is 931. The summed E-state index contributed by atoms with van der Waals surface area (Å²) < 4.78 is 0. The average Bonchev–Trinajstić information content (AvgIpc) is 2.96. The number of hydrogen-bond donors (Lipinski definition) is 2. The first kappa shape index (κ1) is 16.6. The van der Waals surface area contributed by atoms with E-state index in [2.05, 4.69) is 35.2 Å². The number of hydrogen-bond acceptors (Lipinski definition) is 3. The predicted octanol–water partition coefficient (Wildman–Crippen LogP) is 4.30. The average molecular weight is 374 g/mol. The van der Waals surface area contributed by atoms with Crippen molar-refractivity contribution in [3.8, 4) is 0 Å². The molecule has 4 nitrogen and oxygen atoms in total. The number of thiophene rings is 1. The molecule has 1 aromatic carbocycles. The lowest BCUT2D eigenvalue weighted by Crippen LogP contribution is -2.38. The number of amides is 1. The van der Waals surface area contributed by atoms with Crippen LogP contribution in [-0.2, 0) is 16.6 Å². The zero-order valence-electron chi connectivity index (χ0n) is 14.2. The summed E-state index contributed by atoms with van der Waals surface area (Å²) in [5.41, 5.74) is 1.46. The molecular weight excluding hydrogens is 354 g/mol. The van der Waals surface area contributed by atoms with E-state index >= 15 is 0 Å². The largest absolute Gasteiger partial charge is 0.355 e. The fourth-order valence-corrected chi connectivity index (χ4v) is 4.93. The van der Waals surface area contributed by atoms with Crippen LogP contribution in [0.25, 0.3) is 11.0 Å². The van der Waals surface area contributed by atoms with E-state index in [1.165, 1.54) is 0 Å². The number of benzene rings is 1. The van der Waals surface area contributed by atoms with Gasteiger partial charge < -0.3 is 10.3 Å². The number of fused-ring (bicyclic) bond motifs is 1. The number of nitrogens with zero attached hydrogens (tertiary/aromatic N) is 1. The Hall–Kier alpha value is -1.85. The monoisotopic (exact) mass is 373 g/mol. The fraction of sp³-hybridized carbons (Fsp3) is 0.368. The number of nitrogens with one attached hydrogen (secondary N) is 2. The number of aromatic amines is 1. The standard InChI is InChI=1S/C19H20ClN3OS/c1-18(2)11-19(18,15-4-3-9-25-15)17(24)21-8-7-16-22-13-6-5-12(20)10-14(13)23-16/h3-6,9-10H,7-8,11H2,1-2H3,(H,21,24)(H,22,23)/t19-/m0/s1. The second kappa shape index (κ2) is 5.85. The van der Waals surface area contributed by atoms with Crippen LogP contribution in [0.15, 0.2) is 35.7 Å². The van der Waals surface area contributed by atoms with Gasteiger partial charge in [0.05, 0.1) is 16.4 Å². The third-order valence-corrected chi connectivity index (χ3v) is 6.47. The van der Waals surface area contributed by atoms with E-state index in [-0.39, 0.29) is 16.7 Å². The lowest BCUT2D eigenvalue weighted by molar-refractivity contribution is -0.124. The van der Waals surface area contributed by atoms with Crippen molar-refractivity contribution in [1.29, 1.82) is 0 Å². The number of carbonyl (C=O) groups excluding carboxylic acids is 1. The smallest absolute Gasteiger partial charge is 0.232 e. The molecule has 0 radical (unpaired) electrons. The van der Waals surface area contributed by atoms with Crippen LogP contribution in [0.5, 0.6) is 0 Å². The van der Waals surface area contributed by atoms with Gasteiger partial charge in [-0.25, -0.2) is 4.98 Å². The Morgan fingerprint density at radius 1 is 1.40 bits per heavy atom. The summed E-state index contributed by atoms with van der Waals surface area (Å²) in [6.07, 6.45) is 1.56. The molecule has 130 valence electrons. The highest BCUT2D eigenvalue weighted by atomic mass is 35.5. The van der Waals surface area contributed by atoms with Crippen LogP contribution in [0.3, 0.4) is 0 Å². The molecule has 1 saturated carbocycles. The van der Waals surface area contributed by atoms with E-state index < -0.39 is 0 Å². The summed E-state index contributed by atoms with van der Waals surface area (Å²) in [5, 5.41) is 5.84. The molecule has 0 bridgehead atoms. The number of carbonyl (C=O) groups is 1. The molecule has 0 aliphatic heterocycles. The van der Waals surface area contributed by atoms with Crippen molar-refractivity contribution in [3.63, 3.8) is 0 Å². The Labute approximate surface area is 155 Å². The van der Waals surface area contributed by atoms with Gasteiger partial charge in [0.2, 0.25) is 5.91 Å². The van der Waals surface area contributed by atoms with Crippen molar-refractivity contribution in [3.05, 3.63) is 51.4 Å². The predicted molar refractivity (Wildman–Crippen MR) is 102 cm³/mol. The van der Waals surface area contributed by atoms with Crippen LogP contribution in [0, 0.1) is 5.41 Å². The second-order valence-corrected chi connectivity index (χ2v) is 8.68. The maximum atomic E-state index is 12.9. The quantitative estimate of drug-likeness (QED) is 0.700. The SMILES string of the molecule is CC1(C)C[C@@]1(C(=O)NCCc1nc2ccc(Cl)cc2[nH]1)c1cccs1. The fourth-order valence-electron chi connectivity index (χ4n) is 3.66. The zero-order valence-corrected chi connectivity index (χ0v) is 15.8. The molecule has 6 heteroatoms. The number of rotatable bonds is 5. The number of imidazole rings is 1. The van der Waals surface area contributed by atoms with Crippen LogP contribution in [0.2, 0.25) is 5.02 Å². The van der Waals surface area contributed by atoms with Crippen LogP contribution in [0.1, 0.15) is 31.0 Å². The van der Waals surface area contributed by atoms with Gasteiger partial charge in [-0.15, -0.1) is 11.3 Å². The molecule has 3 aromatic rings. The van der Waals surface area contributed by atoms with Gasteiger partial charge in [-0.1, -0.05) is 31.5 Å². The highest BCUT2D eigenvalue weighted by molar-refractivity contribution is 7.10. The molecule has 2 heterocycles. The van der Waals surface area contributed by atoms with E-state index in [0.29, 0.717) is 18.0 Å². The van der Waals surface area contributed by atoms with Crippen molar-refractivity contribution < 1.29 is 4.79 Å². The minimum absolute atomic E-state index is 0.0120. The first-order valence-electron chi connectivity index (χ1n) is 8.39. The molecule has 1 fully saturated rings. The lowest BCUT2D eigenvalue weighted by atomic mass is 9.93. The Kier molecular flexibility index (Phi) is 3.89. The maximum Gasteiger partial charge on any atom is 0.232 e. The molecule has 25 heavy (non-hydrogen) atoms. The van der Waals surface area contributed by atoms with E-state index in [0.717, 1.165) is 28.2 Å². The van der Waals surface area contributed by atoms with Crippen molar-refractivity contribution in [1.82, 2.24) is 15.3 Å². The summed E-state index contributed by atoms with van der Waals surface area (Å²) in [5.74, 6) is 0.983. The van der Waals surface area contributed by atoms with Crippen LogP contribution in [0.4, 0.5) is 0 Å². The molecular formula is C19H20ClN3OS. The van der Waals surface area contributed by atoms with Crippen molar-refractivity contribution in [2.45, 2.75) is 32.1 Å². The summed E-state index contributed by atoms with van der Waals surface area (Å²) in [4.78, 5) is 21.9. The topological polar surface area (TPSA) is 57.8 Å². The molecule has 1 aliphatic carbocycles. The van der Waals surface area contributed by atoms with Gasteiger partial charge in [-0.3, -0.25) is 4.79 Å². The molecule has 2 N–H and O–H groups in total. The third-order valence-electron chi connectivity index (χ3n) is 5.21. The van der Waals surface area contributed by atoms with Gasteiger partial charge in [-0.2, -0.15) is 0 Å². The number of aromatic nitrogens is 2. The van der Waals surface area contributed by atoms with E-state index in [4.69, 9.17) is 11.6 Å². The first-order valence-corrected chi connectivity index (χ1v) is 9.65. The Balaban J connectivity index is 1.43. The normalized spacial score (nSPS) is 21.4. The minimum Gasteiger partial charge on any atom is -0.355 e. The Morgan fingerprint density at radius 3 is 2.88 bits per heavy atom. The van der Waals surface area contributed by atoms with E-state index in [9.17, 15) is 4.79 Å². The Morgan fingerprint density at radius 2 is 2.20 bits per heavy atom. The molecule has 1 aliphatic rings. The van der Waals surface area contributed by atoms with Crippen LogP contribution < -0.4 is 5.32 Å². The summed E-state index contributed by atoms with van der Waals surface area (Å²) in [6, 6.07) is 9.68. The van der Waals surface area contributed by atoms with Crippen molar-refractivity contribution in [2.24, 2.45) is 5.41 Å². The summed E-state index contributed by atoms with van der Waals surface area (Å²) in [6.45, 7) is 4.89. The zero-order chi connectivity index (χ0) is 17.7. The molecule has 0 spiro atoms. The summed E-state index contributed by atoms with van der Waals surface area (Å²) >= 11 is 7.67. The van der Waals surface area contributed by atoms with Gasteiger partial charge in [0, 0.05) is 22.9 Å². The van der Waals surface area contributed by atoms with Gasteiger partial charge in [0.25, 0.3) is 0 Å². The highest BCUT2D eigenvalue weighted by Crippen LogP contribution is 2.65. The van der Waals surface area contributed by atoms with Crippen LogP contribution in [-0.4, -0.2) is 22.4 Å². The third kappa shape index (κ3) is 2.75. The molecule has 1 amide bonds. The van der Waals surface area contributed by atoms with Gasteiger partial charge >= 0.3 is 0 Å². The van der Waals surface area contributed by atoms with Crippen molar-refractivity contribution >= 4 is 39.9 Å². The van der Waals surface area contributed by atoms with E-state index in [1.807, 2.05) is 29.6 Å². The van der Waals surface area contributed by atoms with E-state index in [1.54, 1.807) is 11.3 Å². The molecule has 4 rings (SSSR count). The van der Waals surface area contributed by atoms with Crippen molar-refractivity contribution in [2.75, 3.05) is 6.54 Å². The molecule has 2 aromatic heterocycles. The number of halogens is 1. The van der Waals surface area contributed by atoms with Crippen LogP contribution >= 0.6 is 22.9 Å².